The summed E-state index contributed by atoms with van der Waals surface area (Å²) in [6.07, 6.45) is 1.47. The van der Waals surface area contributed by atoms with Crippen LogP contribution in [0.4, 0.5) is 0 Å². The van der Waals surface area contributed by atoms with E-state index in [9.17, 15) is 0 Å². The van der Waals surface area contributed by atoms with E-state index in [1.165, 1.54) is 4.80 Å². The molecule has 0 aromatic carbocycles. The molecular formula is C10H18N8. The van der Waals surface area contributed by atoms with Crippen molar-refractivity contribution in [3.63, 3.8) is 0 Å². The zero-order valence-corrected chi connectivity index (χ0v) is 10.8. The average Bonchev–Trinajstić information content (AvgIpc) is 2.92. The normalized spacial score (nSPS) is 12.9. The number of rotatable bonds is 5. The van der Waals surface area contributed by atoms with Crippen molar-refractivity contribution in [1.29, 1.82) is 0 Å². The average molecular weight is 250 g/mol. The third-order valence-corrected chi connectivity index (χ3v) is 2.82. The number of nitrogens with zero attached hydrogens (tertiary/aromatic N) is 6. The number of hydrazine groups is 1. The van der Waals surface area contributed by atoms with Crippen LogP contribution in [0.5, 0.6) is 0 Å². The first-order valence-corrected chi connectivity index (χ1v) is 5.85. The highest BCUT2D eigenvalue weighted by Crippen LogP contribution is 2.16. The van der Waals surface area contributed by atoms with Crippen LogP contribution in [0.2, 0.25) is 0 Å². The van der Waals surface area contributed by atoms with Crippen molar-refractivity contribution in [2.75, 3.05) is 0 Å². The predicted molar refractivity (Wildman–Crippen MR) is 65.2 cm³/mol. The second kappa shape index (κ2) is 5.23. The highest BCUT2D eigenvalue weighted by Gasteiger charge is 2.18. The zero-order chi connectivity index (χ0) is 13.1. The fourth-order valence-electron chi connectivity index (χ4n) is 1.88. The Kier molecular flexibility index (Phi) is 3.68. The number of hydrogen-bond donors (Lipinski definition) is 2. The van der Waals surface area contributed by atoms with Gasteiger partial charge in [-0.25, -0.2) is 0 Å². The van der Waals surface area contributed by atoms with Crippen LogP contribution in [0.1, 0.15) is 30.2 Å². The van der Waals surface area contributed by atoms with E-state index in [4.69, 9.17) is 5.84 Å². The third kappa shape index (κ3) is 2.54. The monoisotopic (exact) mass is 250 g/mol. The molecule has 0 saturated heterocycles. The lowest BCUT2D eigenvalue weighted by Crippen LogP contribution is -2.31. The first-order chi connectivity index (χ1) is 8.63. The van der Waals surface area contributed by atoms with E-state index in [-0.39, 0.29) is 6.04 Å². The summed E-state index contributed by atoms with van der Waals surface area (Å²) >= 11 is 0. The number of aromatic nitrogens is 6. The summed E-state index contributed by atoms with van der Waals surface area (Å²) in [7, 11) is 3.64. The van der Waals surface area contributed by atoms with Gasteiger partial charge in [-0.05, 0) is 17.7 Å². The molecule has 8 nitrogen and oxygen atoms in total. The van der Waals surface area contributed by atoms with E-state index in [2.05, 4.69) is 32.9 Å². The summed E-state index contributed by atoms with van der Waals surface area (Å²) in [4.78, 5) is 1.43. The molecule has 0 aliphatic rings. The SMILES string of the molecule is CCc1cc(C(Cc2nnn(C)n2)NN)n(C)n1. The van der Waals surface area contributed by atoms with Gasteiger partial charge < -0.3 is 0 Å². The molecule has 0 bridgehead atoms. The molecule has 2 aromatic rings. The second-order valence-electron chi connectivity index (χ2n) is 4.16. The lowest BCUT2D eigenvalue weighted by molar-refractivity contribution is 0.497. The molecule has 0 radical (unpaired) electrons. The molecule has 0 spiro atoms. The first kappa shape index (κ1) is 12.7. The minimum Gasteiger partial charge on any atom is -0.271 e. The number of tetrazole rings is 1. The topological polar surface area (TPSA) is 99.5 Å². The van der Waals surface area contributed by atoms with Crippen LogP contribution in [0, 0.1) is 0 Å². The highest BCUT2D eigenvalue weighted by molar-refractivity contribution is 5.15. The molecular weight excluding hydrogens is 232 g/mol. The molecule has 0 saturated carbocycles. The molecule has 1 unspecified atom stereocenters. The Balaban J connectivity index is 2.19. The molecule has 2 heterocycles. The highest BCUT2D eigenvalue weighted by atomic mass is 15.6. The molecule has 8 heteroatoms. The molecule has 0 aliphatic heterocycles. The minimum atomic E-state index is -0.0769. The summed E-state index contributed by atoms with van der Waals surface area (Å²) in [6.45, 7) is 2.07. The summed E-state index contributed by atoms with van der Waals surface area (Å²) in [6, 6.07) is 1.97. The molecule has 3 N–H and O–H groups in total. The number of nitrogens with one attached hydrogen (secondary N) is 1. The number of aryl methyl sites for hydroxylation is 3. The second-order valence-corrected chi connectivity index (χ2v) is 4.16. The van der Waals surface area contributed by atoms with Crippen molar-refractivity contribution in [2.24, 2.45) is 19.9 Å². The summed E-state index contributed by atoms with van der Waals surface area (Å²) in [5.74, 6) is 6.26. The van der Waals surface area contributed by atoms with Crippen LogP contribution < -0.4 is 11.3 Å². The third-order valence-electron chi connectivity index (χ3n) is 2.82. The molecule has 0 aliphatic carbocycles. The van der Waals surface area contributed by atoms with Crippen molar-refractivity contribution >= 4 is 0 Å². The van der Waals surface area contributed by atoms with Crippen molar-refractivity contribution in [1.82, 2.24) is 35.4 Å². The summed E-state index contributed by atoms with van der Waals surface area (Å²) < 4.78 is 1.83. The van der Waals surface area contributed by atoms with Gasteiger partial charge in [0.05, 0.1) is 24.5 Å². The molecule has 2 aromatic heterocycles. The van der Waals surface area contributed by atoms with Gasteiger partial charge in [0.25, 0.3) is 0 Å². The fraction of sp³-hybridized carbons (Fsp3) is 0.600. The van der Waals surface area contributed by atoms with Crippen molar-refractivity contribution < 1.29 is 0 Å². The summed E-state index contributed by atoms with van der Waals surface area (Å²) in [5, 5.41) is 16.3. The van der Waals surface area contributed by atoms with Gasteiger partial charge in [0, 0.05) is 13.5 Å². The van der Waals surface area contributed by atoms with E-state index in [1.807, 2.05) is 17.8 Å². The van der Waals surface area contributed by atoms with Crippen molar-refractivity contribution in [3.05, 3.63) is 23.3 Å². The molecule has 0 amide bonds. The zero-order valence-electron chi connectivity index (χ0n) is 10.8. The Hall–Kier alpha value is -1.80. The Morgan fingerprint density at radius 1 is 1.39 bits per heavy atom. The van der Waals surface area contributed by atoms with Crippen molar-refractivity contribution in [3.8, 4) is 0 Å². The van der Waals surface area contributed by atoms with Gasteiger partial charge in [0.1, 0.15) is 0 Å². The maximum absolute atomic E-state index is 5.61. The Labute approximate surface area is 105 Å². The van der Waals surface area contributed by atoms with Gasteiger partial charge in [0.15, 0.2) is 5.82 Å². The van der Waals surface area contributed by atoms with Crippen LogP contribution in [0.25, 0.3) is 0 Å². The number of nitrogens with two attached hydrogens (primary N) is 1. The largest absolute Gasteiger partial charge is 0.271 e. The molecule has 18 heavy (non-hydrogen) atoms. The standard InChI is InChI=1S/C10H18N8/c1-4-7-5-9(17(2)14-7)8(12-11)6-10-13-16-18(3)15-10/h5,8,12H,4,6,11H2,1-3H3. The van der Waals surface area contributed by atoms with E-state index in [1.54, 1.807) is 7.05 Å². The number of hydrogen-bond acceptors (Lipinski definition) is 6. The van der Waals surface area contributed by atoms with Crippen LogP contribution in [0.15, 0.2) is 6.07 Å². The maximum atomic E-state index is 5.61. The quantitative estimate of drug-likeness (QED) is 0.535. The van der Waals surface area contributed by atoms with Crippen LogP contribution in [-0.4, -0.2) is 30.0 Å². The van der Waals surface area contributed by atoms with Gasteiger partial charge in [-0.15, -0.1) is 10.2 Å². The molecule has 98 valence electrons. The van der Waals surface area contributed by atoms with Gasteiger partial charge in [-0.3, -0.25) is 16.0 Å². The van der Waals surface area contributed by atoms with Gasteiger partial charge >= 0.3 is 0 Å². The molecule has 2 rings (SSSR count). The lowest BCUT2D eigenvalue weighted by Gasteiger charge is -2.13. The maximum Gasteiger partial charge on any atom is 0.176 e. The van der Waals surface area contributed by atoms with Gasteiger partial charge in [0.2, 0.25) is 0 Å². The minimum absolute atomic E-state index is 0.0769. The van der Waals surface area contributed by atoms with E-state index < -0.39 is 0 Å². The Morgan fingerprint density at radius 2 is 2.17 bits per heavy atom. The molecule has 1 atom stereocenters. The smallest absolute Gasteiger partial charge is 0.176 e. The van der Waals surface area contributed by atoms with Crippen LogP contribution in [0.3, 0.4) is 0 Å². The van der Waals surface area contributed by atoms with Crippen LogP contribution in [-0.2, 0) is 26.9 Å². The Bertz CT molecular complexity index is 514. The van der Waals surface area contributed by atoms with E-state index in [0.29, 0.717) is 12.2 Å². The lowest BCUT2D eigenvalue weighted by atomic mass is 10.1. The van der Waals surface area contributed by atoms with Crippen molar-refractivity contribution in [2.45, 2.75) is 25.8 Å². The predicted octanol–water partition coefficient (Wildman–Crippen LogP) is -0.747. The van der Waals surface area contributed by atoms with E-state index >= 15 is 0 Å². The first-order valence-electron chi connectivity index (χ1n) is 5.85. The van der Waals surface area contributed by atoms with Gasteiger partial charge in [-0.2, -0.15) is 9.90 Å². The van der Waals surface area contributed by atoms with Gasteiger partial charge in [-0.1, -0.05) is 6.92 Å². The molecule has 0 fully saturated rings. The Morgan fingerprint density at radius 3 is 2.67 bits per heavy atom. The van der Waals surface area contributed by atoms with Crippen LogP contribution >= 0.6 is 0 Å². The van der Waals surface area contributed by atoms with E-state index in [0.717, 1.165) is 17.8 Å². The fourth-order valence-corrected chi connectivity index (χ4v) is 1.88. The summed E-state index contributed by atoms with van der Waals surface area (Å²) in [5.41, 5.74) is 4.83.